The second-order valence-corrected chi connectivity index (χ2v) is 11.1. The number of furan rings is 1. The quantitative estimate of drug-likeness (QED) is 0.237. The summed E-state index contributed by atoms with van der Waals surface area (Å²) in [7, 11) is 1.56. The lowest BCUT2D eigenvalue weighted by Gasteiger charge is -2.40. The molecule has 4 aromatic heterocycles. The van der Waals surface area contributed by atoms with Gasteiger partial charge in [0.25, 0.3) is 5.91 Å². The minimum absolute atomic E-state index is 0.0911. The maximum atomic E-state index is 14.8. The van der Waals surface area contributed by atoms with E-state index in [0.717, 1.165) is 11.3 Å². The van der Waals surface area contributed by atoms with Crippen LogP contribution in [0.5, 0.6) is 5.75 Å². The summed E-state index contributed by atoms with van der Waals surface area (Å²) in [5.74, 6) is 0.504. The van der Waals surface area contributed by atoms with E-state index in [0.29, 0.717) is 61.1 Å². The Labute approximate surface area is 262 Å². The third-order valence-electron chi connectivity index (χ3n) is 8.34. The first-order valence-corrected chi connectivity index (χ1v) is 14.8. The fourth-order valence-corrected chi connectivity index (χ4v) is 5.86. The Balaban J connectivity index is 1.19. The maximum absolute atomic E-state index is 14.8. The monoisotopic (exact) mass is 625 g/mol. The molecule has 1 aliphatic rings. The number of hydrogen-bond donors (Lipinski definition) is 1. The zero-order valence-corrected chi connectivity index (χ0v) is 25.3. The van der Waals surface area contributed by atoms with Gasteiger partial charge in [-0.1, -0.05) is 30.3 Å². The van der Waals surface area contributed by atoms with Crippen LogP contribution in [0.25, 0.3) is 28.3 Å². The highest BCUT2D eigenvalue weighted by atomic mass is 19.1. The zero-order chi connectivity index (χ0) is 31.8. The fraction of sp³-hybridized carbons (Fsp3) is 0.281. The summed E-state index contributed by atoms with van der Waals surface area (Å²) in [6, 6.07) is 17.9. The first-order chi connectivity index (χ1) is 22.4. The Morgan fingerprint density at radius 2 is 1.83 bits per heavy atom. The molecule has 1 fully saturated rings. The number of amides is 1. The van der Waals surface area contributed by atoms with Crippen molar-refractivity contribution in [2.45, 2.75) is 12.5 Å². The van der Waals surface area contributed by atoms with E-state index in [-0.39, 0.29) is 24.2 Å². The highest BCUT2D eigenvalue weighted by Crippen LogP contribution is 2.34. The molecule has 14 heteroatoms. The number of carbonyl (C=O) groups is 1. The van der Waals surface area contributed by atoms with Crippen molar-refractivity contribution in [1.29, 1.82) is 0 Å². The lowest BCUT2D eigenvalue weighted by Crippen LogP contribution is -2.56. The molecule has 2 aromatic carbocycles. The lowest BCUT2D eigenvalue weighted by atomic mass is 9.90. The van der Waals surface area contributed by atoms with Gasteiger partial charge < -0.3 is 29.4 Å². The second-order valence-electron chi connectivity index (χ2n) is 11.1. The number of nitrogens with two attached hydrogens (primary N) is 1. The van der Waals surface area contributed by atoms with Crippen LogP contribution in [0.1, 0.15) is 12.5 Å². The van der Waals surface area contributed by atoms with Gasteiger partial charge in [0.1, 0.15) is 6.61 Å². The third kappa shape index (κ3) is 4.96. The van der Waals surface area contributed by atoms with Crippen molar-refractivity contribution in [3.63, 3.8) is 0 Å². The number of anilines is 2. The van der Waals surface area contributed by atoms with Crippen LogP contribution in [0.2, 0.25) is 0 Å². The average Bonchev–Trinajstić information content (AvgIpc) is 3.86. The smallest absolute Gasteiger partial charge is 0.255 e. The molecule has 1 saturated heterocycles. The number of benzene rings is 2. The van der Waals surface area contributed by atoms with E-state index in [9.17, 15) is 9.18 Å². The van der Waals surface area contributed by atoms with Crippen molar-refractivity contribution in [2.75, 3.05) is 57.1 Å². The van der Waals surface area contributed by atoms with E-state index < -0.39 is 11.4 Å². The molecular formula is C32H32FN9O4. The fourth-order valence-electron chi connectivity index (χ4n) is 5.86. The van der Waals surface area contributed by atoms with Crippen LogP contribution in [0.15, 0.2) is 77.5 Å². The Kier molecular flexibility index (Phi) is 7.48. The number of halogens is 1. The van der Waals surface area contributed by atoms with Gasteiger partial charge in [-0.2, -0.15) is 14.6 Å². The first-order valence-electron chi connectivity index (χ1n) is 14.8. The largest absolute Gasteiger partial charge is 0.488 e. The van der Waals surface area contributed by atoms with Crippen molar-refractivity contribution in [2.24, 2.45) is 0 Å². The van der Waals surface area contributed by atoms with Gasteiger partial charge in [0.05, 0.1) is 24.5 Å². The molecule has 0 saturated carbocycles. The van der Waals surface area contributed by atoms with Crippen LogP contribution in [0.3, 0.4) is 0 Å². The number of aromatic nitrogens is 6. The van der Waals surface area contributed by atoms with E-state index >= 15 is 0 Å². The van der Waals surface area contributed by atoms with E-state index in [1.54, 1.807) is 42.5 Å². The number of fused-ring (bicyclic) bond motifs is 3. The number of carbonyl (C=O) groups excluding carboxylic acids is 1. The highest BCUT2D eigenvalue weighted by Gasteiger charge is 2.43. The van der Waals surface area contributed by atoms with E-state index in [2.05, 4.69) is 20.0 Å². The second kappa shape index (κ2) is 11.8. The molecule has 0 radical (unpaired) electrons. The molecule has 46 heavy (non-hydrogen) atoms. The molecule has 5 heterocycles. The molecule has 6 aromatic rings. The SMILES string of the molecule is COCCOc1ccc(N2CCN(C(=O)[C@@](C)(c3ccccc3)n3ncc4c3nc(N)n3nc(-c5ccco5)nc43)CC2)cc1F. The number of nitrogen functional groups attached to an aromatic ring is 1. The molecule has 1 atom stereocenters. The Bertz CT molecular complexity index is 2000. The van der Waals surface area contributed by atoms with Gasteiger partial charge in [0.15, 0.2) is 34.2 Å². The summed E-state index contributed by atoms with van der Waals surface area (Å²) in [5, 5.41) is 9.76. The summed E-state index contributed by atoms with van der Waals surface area (Å²) < 4.78 is 33.7. The van der Waals surface area contributed by atoms with Crippen molar-refractivity contribution in [1.82, 2.24) is 34.3 Å². The molecule has 7 rings (SSSR count). The molecule has 236 valence electrons. The zero-order valence-electron chi connectivity index (χ0n) is 25.3. The van der Waals surface area contributed by atoms with Gasteiger partial charge >= 0.3 is 0 Å². The molecule has 2 N–H and O–H groups in total. The normalized spacial score (nSPS) is 15.0. The van der Waals surface area contributed by atoms with E-state index in [4.69, 9.17) is 24.7 Å². The number of hydrogen-bond acceptors (Lipinski definition) is 10. The third-order valence-corrected chi connectivity index (χ3v) is 8.34. The molecular weight excluding hydrogens is 593 g/mol. The summed E-state index contributed by atoms with van der Waals surface area (Å²) >= 11 is 0. The predicted octanol–water partition coefficient (Wildman–Crippen LogP) is 3.59. The number of piperazine rings is 1. The standard InChI is InChI=1S/C32H32FN9O4/c1-32(21-7-4-3-5-8-21,30(43)40-14-12-39(13-15-40)22-10-11-25(24(33)19-22)46-18-17-44-2)42-29-23(20-35-42)28-36-27(26-9-6-16-45-26)38-41(28)31(34)37-29/h3-11,16,19-20H,12-15,17-18H2,1-2H3,(H2,34,37)/t32-/m1/s1. The van der Waals surface area contributed by atoms with Gasteiger partial charge in [-0.15, -0.1) is 5.10 Å². The minimum Gasteiger partial charge on any atom is -0.488 e. The number of methoxy groups -OCH3 is 1. The Morgan fingerprint density at radius 1 is 1.02 bits per heavy atom. The Hall–Kier alpha value is -5.50. The molecule has 1 aliphatic heterocycles. The number of ether oxygens (including phenoxy) is 2. The lowest BCUT2D eigenvalue weighted by molar-refractivity contribution is -0.138. The van der Waals surface area contributed by atoms with Crippen molar-refractivity contribution in [3.05, 3.63) is 84.5 Å². The van der Waals surface area contributed by atoms with Crippen LogP contribution in [0, 0.1) is 5.82 Å². The maximum Gasteiger partial charge on any atom is 0.255 e. The molecule has 1 amide bonds. The van der Waals surface area contributed by atoms with Gasteiger partial charge in [0.2, 0.25) is 11.8 Å². The van der Waals surface area contributed by atoms with Crippen LogP contribution >= 0.6 is 0 Å². The van der Waals surface area contributed by atoms with Gasteiger partial charge in [-0.25, -0.2) is 14.1 Å². The minimum atomic E-state index is -1.28. The van der Waals surface area contributed by atoms with Crippen molar-refractivity contribution >= 4 is 34.2 Å². The summed E-state index contributed by atoms with van der Waals surface area (Å²) in [6.07, 6.45) is 3.17. The van der Waals surface area contributed by atoms with E-state index in [1.807, 2.05) is 48.2 Å². The molecule has 0 spiro atoms. The summed E-state index contributed by atoms with van der Waals surface area (Å²) in [6.45, 7) is 4.34. The summed E-state index contributed by atoms with van der Waals surface area (Å²) in [5.41, 5.74) is 7.39. The van der Waals surface area contributed by atoms with Crippen molar-refractivity contribution < 1.29 is 23.1 Å². The number of rotatable bonds is 9. The highest BCUT2D eigenvalue weighted by molar-refractivity contribution is 5.94. The first kappa shape index (κ1) is 29.2. The average molecular weight is 626 g/mol. The van der Waals surface area contributed by atoms with Gasteiger partial charge in [0, 0.05) is 45.0 Å². The topological polar surface area (TPSA) is 142 Å². The van der Waals surface area contributed by atoms with Gasteiger partial charge in [-0.05, 0) is 36.8 Å². The molecule has 0 aliphatic carbocycles. The van der Waals surface area contributed by atoms with Crippen LogP contribution in [-0.2, 0) is 15.1 Å². The van der Waals surface area contributed by atoms with E-state index in [1.165, 1.54) is 10.6 Å². The molecule has 0 bridgehead atoms. The predicted molar refractivity (Wildman–Crippen MR) is 168 cm³/mol. The van der Waals surface area contributed by atoms with Crippen molar-refractivity contribution in [3.8, 4) is 17.3 Å². The molecule has 13 nitrogen and oxygen atoms in total. The number of nitrogens with zero attached hydrogens (tertiary/aromatic N) is 8. The van der Waals surface area contributed by atoms with Crippen LogP contribution < -0.4 is 15.4 Å². The molecule has 0 unspecified atom stereocenters. The summed E-state index contributed by atoms with van der Waals surface area (Å²) in [4.78, 5) is 27.8. The van der Waals surface area contributed by atoms with Gasteiger partial charge in [-0.3, -0.25) is 4.79 Å². The van der Waals surface area contributed by atoms with Crippen LogP contribution in [-0.4, -0.2) is 86.7 Å². The Morgan fingerprint density at radius 3 is 2.54 bits per heavy atom. The van der Waals surface area contributed by atoms with Crippen LogP contribution in [0.4, 0.5) is 16.0 Å².